The van der Waals surface area contributed by atoms with Gasteiger partial charge in [-0.25, -0.2) is 0 Å². The maximum Gasteiger partial charge on any atom is 0.0991 e. The molecule has 0 spiro atoms. The van der Waals surface area contributed by atoms with Crippen LogP contribution in [-0.4, -0.2) is 24.2 Å². The Bertz CT molecular complexity index is 714. The maximum absolute atomic E-state index is 9.11. The van der Waals surface area contributed by atoms with Crippen LogP contribution in [0.4, 0.5) is 0 Å². The molecule has 2 aromatic rings. The first-order valence-electron chi connectivity index (χ1n) is 8.61. The molecule has 1 unspecified atom stereocenters. The fraction of sp³-hybridized carbons (Fsp3) is 0.381. The molecule has 1 fully saturated rings. The second-order valence-corrected chi connectivity index (χ2v) is 6.61. The zero-order valence-electron chi connectivity index (χ0n) is 14.2. The van der Waals surface area contributed by atoms with Gasteiger partial charge in [-0.3, -0.25) is 4.90 Å². The van der Waals surface area contributed by atoms with Crippen LogP contribution in [0.2, 0.25) is 0 Å². The van der Waals surface area contributed by atoms with Crippen molar-refractivity contribution in [3.8, 4) is 6.07 Å². The first-order chi connectivity index (χ1) is 11.7. The Morgan fingerprint density at radius 3 is 2.54 bits per heavy atom. The van der Waals surface area contributed by atoms with Crippen LogP contribution in [0.25, 0.3) is 0 Å². The van der Waals surface area contributed by atoms with E-state index in [-0.39, 0.29) is 0 Å². The molecule has 124 valence electrons. The van der Waals surface area contributed by atoms with E-state index in [1.54, 1.807) is 0 Å². The highest BCUT2D eigenvalue weighted by Gasteiger charge is 2.19. The average molecular weight is 320 g/mol. The molecular formula is C21H24N2O. The van der Waals surface area contributed by atoms with E-state index in [1.807, 2.05) is 18.2 Å². The van der Waals surface area contributed by atoms with Crippen molar-refractivity contribution in [1.29, 1.82) is 5.26 Å². The summed E-state index contributed by atoms with van der Waals surface area (Å²) in [5.41, 5.74) is 4.51. The van der Waals surface area contributed by atoms with E-state index in [0.29, 0.717) is 6.10 Å². The van der Waals surface area contributed by atoms with E-state index >= 15 is 0 Å². The van der Waals surface area contributed by atoms with E-state index in [1.165, 1.54) is 16.7 Å². The predicted octanol–water partition coefficient (Wildman–Crippen LogP) is 4.05. The molecule has 0 aromatic heterocycles. The third-order valence-electron chi connectivity index (χ3n) is 4.44. The summed E-state index contributed by atoms with van der Waals surface area (Å²) in [7, 11) is 0. The number of nitrogens with zero attached hydrogens (tertiary/aromatic N) is 2. The van der Waals surface area contributed by atoms with Crippen LogP contribution in [0.1, 0.15) is 35.1 Å². The Morgan fingerprint density at radius 2 is 1.88 bits per heavy atom. The Labute approximate surface area is 144 Å². The standard InChI is InChI=1S/C21H24N2O/c1-17-5-2-7-19(11-17)14-23(16-21-9-4-10-24-21)15-20-8-3-6-18(12-20)13-22/h2-3,5-8,11-12,21H,4,9-10,14-16H2,1H3. The van der Waals surface area contributed by atoms with Gasteiger partial charge in [-0.05, 0) is 43.0 Å². The molecule has 1 aliphatic rings. The molecule has 0 bridgehead atoms. The molecule has 3 rings (SSSR count). The highest BCUT2D eigenvalue weighted by atomic mass is 16.5. The second-order valence-electron chi connectivity index (χ2n) is 6.61. The Hall–Kier alpha value is -2.15. The lowest BCUT2D eigenvalue weighted by atomic mass is 10.1. The average Bonchev–Trinajstić information content (AvgIpc) is 3.08. The Morgan fingerprint density at radius 1 is 1.12 bits per heavy atom. The molecule has 3 heteroatoms. The lowest BCUT2D eigenvalue weighted by molar-refractivity contribution is 0.0679. The Balaban J connectivity index is 1.74. The van der Waals surface area contributed by atoms with Gasteiger partial charge in [0.05, 0.1) is 17.7 Å². The largest absolute Gasteiger partial charge is 0.377 e. The number of nitriles is 1. The van der Waals surface area contributed by atoms with Crippen molar-refractivity contribution in [3.63, 3.8) is 0 Å². The first-order valence-corrected chi connectivity index (χ1v) is 8.61. The normalized spacial score (nSPS) is 17.1. The van der Waals surface area contributed by atoms with Gasteiger partial charge >= 0.3 is 0 Å². The van der Waals surface area contributed by atoms with Gasteiger partial charge in [-0.2, -0.15) is 5.26 Å². The summed E-state index contributed by atoms with van der Waals surface area (Å²) in [4.78, 5) is 2.43. The van der Waals surface area contributed by atoms with Crippen molar-refractivity contribution < 1.29 is 4.74 Å². The smallest absolute Gasteiger partial charge is 0.0991 e. The zero-order chi connectivity index (χ0) is 16.8. The van der Waals surface area contributed by atoms with Gasteiger partial charge in [-0.15, -0.1) is 0 Å². The second kappa shape index (κ2) is 8.10. The predicted molar refractivity (Wildman–Crippen MR) is 95.4 cm³/mol. The fourth-order valence-corrected chi connectivity index (χ4v) is 3.33. The molecule has 1 atom stereocenters. The van der Waals surface area contributed by atoms with E-state index < -0.39 is 0 Å². The molecule has 0 N–H and O–H groups in total. The molecule has 1 aliphatic heterocycles. The molecule has 0 radical (unpaired) electrons. The topological polar surface area (TPSA) is 36.3 Å². The monoisotopic (exact) mass is 320 g/mol. The van der Waals surface area contributed by atoms with E-state index in [4.69, 9.17) is 10.00 Å². The number of ether oxygens (including phenoxy) is 1. The summed E-state index contributed by atoms with van der Waals surface area (Å²) in [5, 5.41) is 9.11. The molecule has 24 heavy (non-hydrogen) atoms. The number of aryl methyl sites for hydroxylation is 1. The van der Waals surface area contributed by atoms with Crippen molar-refractivity contribution in [3.05, 3.63) is 70.8 Å². The molecule has 1 heterocycles. The van der Waals surface area contributed by atoms with Gasteiger partial charge in [0, 0.05) is 26.2 Å². The van der Waals surface area contributed by atoms with Crippen LogP contribution in [0.3, 0.4) is 0 Å². The minimum atomic E-state index is 0.328. The van der Waals surface area contributed by atoms with Crippen LogP contribution in [0.5, 0.6) is 0 Å². The third kappa shape index (κ3) is 4.67. The van der Waals surface area contributed by atoms with E-state index in [0.717, 1.165) is 44.6 Å². The molecule has 1 saturated heterocycles. The summed E-state index contributed by atoms with van der Waals surface area (Å²) in [6, 6.07) is 18.8. The van der Waals surface area contributed by atoms with Gasteiger partial charge in [0.15, 0.2) is 0 Å². The van der Waals surface area contributed by atoms with Crippen LogP contribution in [-0.2, 0) is 17.8 Å². The highest BCUT2D eigenvalue weighted by Crippen LogP contribution is 2.18. The minimum Gasteiger partial charge on any atom is -0.377 e. The summed E-state index contributed by atoms with van der Waals surface area (Å²) >= 11 is 0. The van der Waals surface area contributed by atoms with Crippen molar-refractivity contribution in [2.24, 2.45) is 0 Å². The van der Waals surface area contributed by atoms with Crippen LogP contribution in [0.15, 0.2) is 48.5 Å². The van der Waals surface area contributed by atoms with Crippen LogP contribution in [0, 0.1) is 18.3 Å². The molecule has 0 aliphatic carbocycles. The Kier molecular flexibility index (Phi) is 5.63. The third-order valence-corrected chi connectivity index (χ3v) is 4.44. The van der Waals surface area contributed by atoms with Crippen molar-refractivity contribution in [2.75, 3.05) is 13.2 Å². The first kappa shape index (κ1) is 16.7. The fourth-order valence-electron chi connectivity index (χ4n) is 3.33. The minimum absolute atomic E-state index is 0.328. The van der Waals surface area contributed by atoms with Crippen LogP contribution >= 0.6 is 0 Å². The summed E-state index contributed by atoms with van der Waals surface area (Å²) in [6.07, 6.45) is 2.63. The number of benzene rings is 2. The summed E-state index contributed by atoms with van der Waals surface area (Å²) in [5.74, 6) is 0. The highest BCUT2D eigenvalue weighted by molar-refractivity contribution is 5.32. The zero-order valence-corrected chi connectivity index (χ0v) is 14.2. The van der Waals surface area contributed by atoms with Crippen molar-refractivity contribution >= 4 is 0 Å². The summed E-state index contributed by atoms with van der Waals surface area (Å²) < 4.78 is 5.83. The summed E-state index contributed by atoms with van der Waals surface area (Å²) in [6.45, 7) is 5.68. The molecule has 0 amide bonds. The molecule has 0 saturated carbocycles. The van der Waals surface area contributed by atoms with E-state index in [9.17, 15) is 0 Å². The van der Waals surface area contributed by atoms with Gasteiger partial charge in [0.2, 0.25) is 0 Å². The van der Waals surface area contributed by atoms with Crippen molar-refractivity contribution in [1.82, 2.24) is 4.90 Å². The quantitative estimate of drug-likeness (QED) is 0.805. The maximum atomic E-state index is 9.11. The van der Waals surface area contributed by atoms with Crippen molar-refractivity contribution in [2.45, 2.75) is 39.0 Å². The van der Waals surface area contributed by atoms with Gasteiger partial charge in [-0.1, -0.05) is 42.0 Å². The van der Waals surface area contributed by atoms with Gasteiger partial charge in [0.25, 0.3) is 0 Å². The van der Waals surface area contributed by atoms with Gasteiger partial charge < -0.3 is 4.74 Å². The number of rotatable bonds is 6. The van der Waals surface area contributed by atoms with Crippen LogP contribution < -0.4 is 0 Å². The number of hydrogen-bond acceptors (Lipinski definition) is 3. The lowest BCUT2D eigenvalue weighted by Crippen LogP contribution is -2.31. The van der Waals surface area contributed by atoms with Gasteiger partial charge in [0.1, 0.15) is 0 Å². The molecule has 3 nitrogen and oxygen atoms in total. The molecular weight excluding hydrogens is 296 g/mol. The lowest BCUT2D eigenvalue weighted by Gasteiger charge is -2.25. The molecule has 2 aromatic carbocycles. The van der Waals surface area contributed by atoms with E-state index in [2.05, 4.69) is 48.2 Å². The SMILES string of the molecule is Cc1cccc(CN(Cc2cccc(C#N)c2)CC2CCCO2)c1. The number of hydrogen-bond donors (Lipinski definition) is 0.